The zero-order valence-electron chi connectivity index (χ0n) is 12.4. The molecule has 0 saturated heterocycles. The Hall–Kier alpha value is -0.960. The maximum absolute atomic E-state index is 5.69. The number of hydrogen-bond donors (Lipinski definition) is 1. The summed E-state index contributed by atoms with van der Waals surface area (Å²) in [6.07, 6.45) is 8.11. The SMILES string of the molecule is Cc1cc(CCN)nc(C2C3CC4CC(C3)CC2C4)n1. The highest BCUT2D eigenvalue weighted by molar-refractivity contribution is 5.17. The summed E-state index contributed by atoms with van der Waals surface area (Å²) in [5.41, 5.74) is 7.95. The van der Waals surface area contributed by atoms with Crippen molar-refractivity contribution in [2.75, 3.05) is 6.54 Å². The first-order valence-electron chi connectivity index (χ1n) is 8.27. The van der Waals surface area contributed by atoms with E-state index in [-0.39, 0.29) is 0 Å². The third-order valence-electron chi connectivity index (χ3n) is 5.85. The van der Waals surface area contributed by atoms with Gasteiger partial charge in [0.05, 0.1) is 0 Å². The van der Waals surface area contributed by atoms with Crippen molar-refractivity contribution < 1.29 is 0 Å². The van der Waals surface area contributed by atoms with Gasteiger partial charge in [0.2, 0.25) is 0 Å². The minimum atomic E-state index is 0.638. The van der Waals surface area contributed by atoms with Gasteiger partial charge in [0.15, 0.2) is 0 Å². The Balaban J connectivity index is 1.67. The highest BCUT2D eigenvalue weighted by Crippen LogP contribution is 2.59. The second-order valence-electron chi connectivity index (χ2n) is 7.35. The van der Waals surface area contributed by atoms with Gasteiger partial charge in [-0.1, -0.05) is 0 Å². The second-order valence-corrected chi connectivity index (χ2v) is 7.35. The quantitative estimate of drug-likeness (QED) is 0.919. The van der Waals surface area contributed by atoms with Crippen LogP contribution in [0.3, 0.4) is 0 Å². The molecule has 5 rings (SSSR count). The number of aryl methyl sites for hydroxylation is 1. The fourth-order valence-electron chi connectivity index (χ4n) is 5.43. The zero-order chi connectivity index (χ0) is 13.7. The highest BCUT2D eigenvalue weighted by atomic mass is 14.9. The zero-order valence-corrected chi connectivity index (χ0v) is 12.4. The minimum Gasteiger partial charge on any atom is -0.330 e. The van der Waals surface area contributed by atoms with Gasteiger partial charge in [-0.25, -0.2) is 9.97 Å². The van der Waals surface area contributed by atoms with Crippen molar-refractivity contribution >= 4 is 0 Å². The number of nitrogens with zero attached hydrogens (tertiary/aromatic N) is 2. The van der Waals surface area contributed by atoms with Crippen LogP contribution in [-0.4, -0.2) is 16.5 Å². The van der Waals surface area contributed by atoms with Crippen LogP contribution >= 0.6 is 0 Å². The molecule has 0 unspecified atom stereocenters. The standard InChI is InChI=1S/C17H25N3/c1-10-4-15(2-3-18)20-17(19-10)16-13-6-11-5-12(8-13)9-14(16)7-11/h4,11-14,16H,2-3,5-9,18H2,1H3. The second kappa shape index (κ2) is 4.80. The summed E-state index contributed by atoms with van der Waals surface area (Å²) in [5, 5.41) is 0. The molecule has 3 heteroatoms. The van der Waals surface area contributed by atoms with Crippen molar-refractivity contribution in [2.45, 2.75) is 51.4 Å². The van der Waals surface area contributed by atoms with Gasteiger partial charge in [-0.05, 0) is 75.3 Å². The van der Waals surface area contributed by atoms with Crippen LogP contribution in [0, 0.1) is 30.6 Å². The smallest absolute Gasteiger partial charge is 0.132 e. The van der Waals surface area contributed by atoms with E-state index in [9.17, 15) is 0 Å². The van der Waals surface area contributed by atoms with Crippen LogP contribution < -0.4 is 5.73 Å². The number of rotatable bonds is 3. The maximum atomic E-state index is 5.69. The molecule has 0 spiro atoms. The van der Waals surface area contributed by atoms with Crippen molar-refractivity contribution in [2.24, 2.45) is 29.4 Å². The summed E-state index contributed by atoms with van der Waals surface area (Å²) < 4.78 is 0. The van der Waals surface area contributed by atoms with E-state index in [1.807, 2.05) is 0 Å². The van der Waals surface area contributed by atoms with E-state index < -0.39 is 0 Å². The fourth-order valence-corrected chi connectivity index (χ4v) is 5.43. The Morgan fingerprint density at radius 1 is 1.05 bits per heavy atom. The lowest BCUT2D eigenvalue weighted by atomic mass is 9.51. The Morgan fingerprint density at radius 3 is 2.30 bits per heavy atom. The third-order valence-corrected chi connectivity index (χ3v) is 5.85. The van der Waals surface area contributed by atoms with Crippen molar-refractivity contribution in [3.8, 4) is 0 Å². The molecular formula is C17H25N3. The Labute approximate surface area is 121 Å². The predicted molar refractivity (Wildman–Crippen MR) is 79.3 cm³/mol. The Kier molecular flexibility index (Phi) is 3.06. The first-order chi connectivity index (χ1) is 9.72. The fraction of sp³-hybridized carbons (Fsp3) is 0.765. The van der Waals surface area contributed by atoms with Crippen LogP contribution in [0.25, 0.3) is 0 Å². The summed E-state index contributed by atoms with van der Waals surface area (Å²) in [6.45, 7) is 2.78. The van der Waals surface area contributed by atoms with Gasteiger partial charge >= 0.3 is 0 Å². The Morgan fingerprint density at radius 2 is 1.70 bits per heavy atom. The summed E-state index contributed by atoms with van der Waals surface area (Å²) >= 11 is 0. The van der Waals surface area contributed by atoms with Crippen LogP contribution in [0.2, 0.25) is 0 Å². The van der Waals surface area contributed by atoms with Crippen molar-refractivity contribution in [3.63, 3.8) is 0 Å². The molecule has 0 aliphatic heterocycles. The van der Waals surface area contributed by atoms with Crippen molar-refractivity contribution in [3.05, 3.63) is 23.3 Å². The van der Waals surface area contributed by atoms with E-state index in [2.05, 4.69) is 13.0 Å². The summed E-state index contributed by atoms with van der Waals surface area (Å²) in [7, 11) is 0. The average Bonchev–Trinajstić information content (AvgIpc) is 2.37. The molecule has 4 saturated carbocycles. The molecule has 2 N–H and O–H groups in total. The van der Waals surface area contributed by atoms with Gasteiger partial charge in [-0.15, -0.1) is 0 Å². The van der Waals surface area contributed by atoms with Crippen LogP contribution in [0.5, 0.6) is 0 Å². The topological polar surface area (TPSA) is 51.8 Å². The third kappa shape index (κ3) is 2.07. The molecule has 1 aromatic heterocycles. The maximum Gasteiger partial charge on any atom is 0.132 e. The van der Waals surface area contributed by atoms with Gasteiger partial charge in [-0.2, -0.15) is 0 Å². The molecule has 108 valence electrons. The van der Waals surface area contributed by atoms with E-state index in [0.717, 1.165) is 47.3 Å². The molecule has 3 nitrogen and oxygen atoms in total. The first kappa shape index (κ1) is 12.8. The normalized spacial score (nSPS) is 38.4. The van der Waals surface area contributed by atoms with E-state index in [4.69, 9.17) is 15.7 Å². The number of nitrogens with two attached hydrogens (primary N) is 1. The molecule has 20 heavy (non-hydrogen) atoms. The molecule has 4 fully saturated rings. The van der Waals surface area contributed by atoms with Gasteiger partial charge < -0.3 is 5.73 Å². The predicted octanol–water partition coefficient (Wildman–Crippen LogP) is 2.83. The number of aromatic nitrogens is 2. The van der Waals surface area contributed by atoms with Crippen LogP contribution in [0.15, 0.2) is 6.07 Å². The summed E-state index contributed by atoms with van der Waals surface area (Å²) in [5.74, 6) is 5.53. The van der Waals surface area contributed by atoms with Crippen LogP contribution in [0.4, 0.5) is 0 Å². The lowest BCUT2D eigenvalue weighted by Crippen LogP contribution is -2.44. The van der Waals surface area contributed by atoms with Gasteiger partial charge in [-0.3, -0.25) is 0 Å². The molecule has 1 aromatic rings. The average molecular weight is 271 g/mol. The minimum absolute atomic E-state index is 0.638. The monoisotopic (exact) mass is 271 g/mol. The molecule has 0 radical (unpaired) electrons. The molecule has 4 aliphatic carbocycles. The summed E-state index contributed by atoms with van der Waals surface area (Å²) in [6, 6.07) is 2.10. The summed E-state index contributed by atoms with van der Waals surface area (Å²) in [4.78, 5) is 9.69. The van der Waals surface area contributed by atoms with Crippen molar-refractivity contribution in [1.82, 2.24) is 9.97 Å². The van der Waals surface area contributed by atoms with Crippen LogP contribution in [-0.2, 0) is 6.42 Å². The lowest BCUT2D eigenvalue weighted by Gasteiger charge is -2.53. The van der Waals surface area contributed by atoms with Gasteiger partial charge in [0, 0.05) is 23.7 Å². The molecule has 4 bridgehead atoms. The molecule has 4 aliphatic rings. The highest BCUT2D eigenvalue weighted by Gasteiger charge is 2.49. The molecule has 0 atom stereocenters. The largest absolute Gasteiger partial charge is 0.330 e. The van der Waals surface area contributed by atoms with Crippen molar-refractivity contribution in [1.29, 1.82) is 0 Å². The number of hydrogen-bond acceptors (Lipinski definition) is 3. The van der Waals surface area contributed by atoms with Crippen LogP contribution in [0.1, 0.15) is 55.2 Å². The molecule has 0 aromatic carbocycles. The van der Waals surface area contributed by atoms with E-state index in [1.165, 1.54) is 32.1 Å². The lowest BCUT2D eigenvalue weighted by molar-refractivity contribution is -0.00576. The van der Waals surface area contributed by atoms with Gasteiger partial charge in [0.25, 0.3) is 0 Å². The first-order valence-corrected chi connectivity index (χ1v) is 8.27. The van der Waals surface area contributed by atoms with Gasteiger partial charge in [0.1, 0.15) is 5.82 Å². The Bertz CT molecular complexity index is 483. The molecular weight excluding hydrogens is 246 g/mol. The van der Waals surface area contributed by atoms with E-state index in [1.54, 1.807) is 0 Å². The van der Waals surface area contributed by atoms with E-state index in [0.29, 0.717) is 12.5 Å². The van der Waals surface area contributed by atoms with E-state index >= 15 is 0 Å². The molecule has 0 amide bonds. The molecule has 1 heterocycles.